The van der Waals surface area contributed by atoms with Crippen molar-refractivity contribution in [1.29, 1.82) is 0 Å². The zero-order valence-electron chi connectivity index (χ0n) is 11.8. The summed E-state index contributed by atoms with van der Waals surface area (Å²) in [7, 11) is 3.90. The largest absolute Gasteiger partial charge is 0.323 e. The third-order valence-corrected chi connectivity index (χ3v) is 3.46. The second-order valence-electron chi connectivity index (χ2n) is 5.11. The van der Waals surface area contributed by atoms with Gasteiger partial charge in [0, 0.05) is 26.2 Å². The van der Waals surface area contributed by atoms with Crippen molar-refractivity contribution in [2.24, 2.45) is 0 Å². The molecular formula is C12H22N6O. The third-order valence-electron chi connectivity index (χ3n) is 3.46. The summed E-state index contributed by atoms with van der Waals surface area (Å²) in [5.41, 5.74) is 0. The number of hydrogen-bond donors (Lipinski definition) is 1. The summed E-state index contributed by atoms with van der Waals surface area (Å²) in [4.78, 5) is 16.1. The summed E-state index contributed by atoms with van der Waals surface area (Å²) in [5.74, 6) is 0.511. The molecule has 1 aromatic rings. The summed E-state index contributed by atoms with van der Waals surface area (Å²) in [6.45, 7) is 4.85. The van der Waals surface area contributed by atoms with Gasteiger partial charge in [-0.05, 0) is 26.4 Å². The molecule has 0 bridgehead atoms. The van der Waals surface area contributed by atoms with Crippen LogP contribution >= 0.6 is 0 Å². The van der Waals surface area contributed by atoms with Gasteiger partial charge in [-0.3, -0.25) is 10.00 Å². The Morgan fingerprint density at radius 1 is 1.63 bits per heavy atom. The van der Waals surface area contributed by atoms with E-state index in [0.717, 1.165) is 32.5 Å². The van der Waals surface area contributed by atoms with Gasteiger partial charge in [-0.2, -0.15) is 0 Å². The maximum absolute atomic E-state index is 12.1. The Labute approximate surface area is 113 Å². The van der Waals surface area contributed by atoms with Gasteiger partial charge in [-0.15, -0.1) is 5.10 Å². The van der Waals surface area contributed by atoms with Crippen molar-refractivity contribution in [2.75, 3.05) is 32.5 Å². The average molecular weight is 266 g/mol. The van der Waals surface area contributed by atoms with Gasteiger partial charge in [0.1, 0.15) is 0 Å². The highest BCUT2D eigenvalue weighted by Gasteiger charge is 2.26. The quantitative estimate of drug-likeness (QED) is 0.877. The molecule has 1 N–H and O–H groups in total. The summed E-state index contributed by atoms with van der Waals surface area (Å²) >= 11 is 0. The molecule has 1 saturated heterocycles. The maximum atomic E-state index is 12.1. The first-order valence-corrected chi connectivity index (χ1v) is 6.72. The molecule has 1 aliphatic rings. The predicted molar refractivity (Wildman–Crippen MR) is 73.0 cm³/mol. The molecular weight excluding hydrogens is 244 g/mol. The van der Waals surface area contributed by atoms with Crippen molar-refractivity contribution < 1.29 is 4.79 Å². The molecule has 0 saturated carbocycles. The SMILES string of the molecule is CCCn1cc(NC(=O)N(C)[C@H]2CCN(C)C2)nn1. The Bertz CT molecular complexity index is 432. The molecule has 0 aromatic carbocycles. The van der Waals surface area contributed by atoms with Crippen LogP contribution in [0.2, 0.25) is 0 Å². The highest BCUT2D eigenvalue weighted by Crippen LogP contribution is 2.13. The minimum Gasteiger partial charge on any atom is -0.323 e. The fourth-order valence-corrected chi connectivity index (χ4v) is 2.29. The van der Waals surface area contributed by atoms with Gasteiger partial charge < -0.3 is 9.80 Å². The third kappa shape index (κ3) is 3.44. The molecule has 0 spiro atoms. The fourth-order valence-electron chi connectivity index (χ4n) is 2.29. The molecule has 2 amide bonds. The molecule has 0 unspecified atom stereocenters. The molecule has 2 rings (SSSR count). The summed E-state index contributed by atoms with van der Waals surface area (Å²) < 4.78 is 1.74. The van der Waals surface area contributed by atoms with Crippen LogP contribution in [0.25, 0.3) is 0 Å². The van der Waals surface area contributed by atoms with Crippen molar-refractivity contribution in [2.45, 2.75) is 32.4 Å². The summed E-state index contributed by atoms with van der Waals surface area (Å²) in [5, 5.41) is 10.7. The number of amides is 2. The van der Waals surface area contributed by atoms with Gasteiger partial charge in [-0.1, -0.05) is 12.1 Å². The normalized spacial score (nSPS) is 19.6. The van der Waals surface area contributed by atoms with Crippen LogP contribution < -0.4 is 5.32 Å². The molecule has 106 valence electrons. The highest BCUT2D eigenvalue weighted by atomic mass is 16.2. The number of carbonyl (C=O) groups is 1. The highest BCUT2D eigenvalue weighted by molar-refractivity contribution is 5.88. The van der Waals surface area contributed by atoms with Crippen LogP contribution in [-0.4, -0.2) is 64.1 Å². The Morgan fingerprint density at radius 2 is 2.42 bits per heavy atom. The van der Waals surface area contributed by atoms with E-state index in [-0.39, 0.29) is 12.1 Å². The molecule has 7 nitrogen and oxygen atoms in total. The lowest BCUT2D eigenvalue weighted by Gasteiger charge is -2.24. The van der Waals surface area contributed by atoms with E-state index in [1.165, 1.54) is 0 Å². The average Bonchev–Trinajstić information content (AvgIpc) is 2.98. The number of aryl methyl sites for hydroxylation is 1. The molecule has 0 radical (unpaired) electrons. The number of anilines is 1. The van der Waals surface area contributed by atoms with Gasteiger partial charge in [0.2, 0.25) is 0 Å². The van der Waals surface area contributed by atoms with Crippen LogP contribution in [0.1, 0.15) is 19.8 Å². The van der Waals surface area contributed by atoms with Crippen LogP contribution in [0.15, 0.2) is 6.20 Å². The predicted octanol–water partition coefficient (Wildman–Crippen LogP) is 0.856. The monoisotopic (exact) mass is 266 g/mol. The number of nitrogens with zero attached hydrogens (tertiary/aromatic N) is 5. The Morgan fingerprint density at radius 3 is 3.05 bits per heavy atom. The number of urea groups is 1. The van der Waals surface area contributed by atoms with Crippen molar-refractivity contribution in [3.63, 3.8) is 0 Å². The number of likely N-dealkylation sites (tertiary alicyclic amines) is 1. The van der Waals surface area contributed by atoms with Crippen LogP contribution in [0, 0.1) is 0 Å². The molecule has 19 heavy (non-hydrogen) atoms. The summed E-state index contributed by atoms with van der Waals surface area (Å²) in [6, 6.07) is 0.152. The number of aromatic nitrogens is 3. The Hall–Kier alpha value is -1.63. The second kappa shape index (κ2) is 6.01. The molecule has 1 aromatic heterocycles. The van der Waals surface area contributed by atoms with Gasteiger partial charge in [0.25, 0.3) is 0 Å². The van der Waals surface area contributed by atoms with Gasteiger partial charge in [-0.25, -0.2) is 4.79 Å². The number of carbonyl (C=O) groups excluding carboxylic acids is 1. The lowest BCUT2D eigenvalue weighted by molar-refractivity contribution is 0.204. The molecule has 1 fully saturated rings. The zero-order chi connectivity index (χ0) is 13.8. The number of hydrogen-bond acceptors (Lipinski definition) is 4. The maximum Gasteiger partial charge on any atom is 0.323 e. The van der Waals surface area contributed by atoms with Crippen LogP contribution in [-0.2, 0) is 6.54 Å². The van der Waals surface area contributed by atoms with Crippen molar-refractivity contribution in [3.05, 3.63) is 6.20 Å². The Kier molecular flexibility index (Phi) is 4.36. The van der Waals surface area contributed by atoms with Crippen LogP contribution in [0.5, 0.6) is 0 Å². The van der Waals surface area contributed by atoms with Crippen molar-refractivity contribution in [3.8, 4) is 0 Å². The molecule has 7 heteroatoms. The number of nitrogens with one attached hydrogen (secondary N) is 1. The van der Waals surface area contributed by atoms with Gasteiger partial charge in [0.15, 0.2) is 5.82 Å². The van der Waals surface area contributed by atoms with Gasteiger partial charge in [0.05, 0.1) is 6.20 Å². The first-order chi connectivity index (χ1) is 9.10. The van der Waals surface area contributed by atoms with E-state index in [0.29, 0.717) is 5.82 Å². The second-order valence-corrected chi connectivity index (χ2v) is 5.11. The van der Waals surface area contributed by atoms with Crippen LogP contribution in [0.3, 0.4) is 0 Å². The lowest BCUT2D eigenvalue weighted by Crippen LogP contribution is -2.41. The van der Waals surface area contributed by atoms with E-state index >= 15 is 0 Å². The van der Waals surface area contributed by atoms with E-state index in [2.05, 4.69) is 34.5 Å². The van der Waals surface area contributed by atoms with Gasteiger partial charge >= 0.3 is 6.03 Å². The first-order valence-electron chi connectivity index (χ1n) is 6.72. The smallest absolute Gasteiger partial charge is 0.323 e. The van der Waals surface area contributed by atoms with E-state index < -0.39 is 0 Å². The number of rotatable bonds is 4. The number of likely N-dealkylation sites (N-methyl/N-ethyl adjacent to an activating group) is 2. The molecule has 1 aliphatic heterocycles. The fraction of sp³-hybridized carbons (Fsp3) is 0.750. The molecule has 0 aliphatic carbocycles. The standard InChI is InChI=1S/C12H22N6O/c1-4-6-18-9-11(14-15-18)13-12(19)17(3)10-5-7-16(2)8-10/h9-10H,4-8H2,1-3H3,(H,13,19)/t10-/m0/s1. The van der Waals surface area contributed by atoms with E-state index in [1.807, 2.05) is 7.05 Å². The lowest BCUT2D eigenvalue weighted by atomic mass is 10.2. The minimum atomic E-state index is -0.121. The van der Waals surface area contributed by atoms with E-state index in [4.69, 9.17) is 0 Å². The first kappa shape index (κ1) is 13.8. The Balaban J connectivity index is 1.88. The van der Waals surface area contributed by atoms with Crippen LogP contribution in [0.4, 0.5) is 10.6 Å². The minimum absolute atomic E-state index is 0.121. The topological polar surface area (TPSA) is 66.3 Å². The summed E-state index contributed by atoms with van der Waals surface area (Å²) in [6.07, 6.45) is 3.77. The van der Waals surface area contributed by atoms with E-state index in [9.17, 15) is 4.79 Å². The van der Waals surface area contributed by atoms with Crippen molar-refractivity contribution in [1.82, 2.24) is 24.8 Å². The van der Waals surface area contributed by atoms with E-state index in [1.54, 1.807) is 15.8 Å². The molecule has 2 heterocycles. The molecule has 1 atom stereocenters. The zero-order valence-corrected chi connectivity index (χ0v) is 11.8. The van der Waals surface area contributed by atoms with Crippen molar-refractivity contribution >= 4 is 11.8 Å².